The number of thiophene rings is 1. The quantitative estimate of drug-likeness (QED) is 0.688. The Morgan fingerprint density at radius 3 is 2.80 bits per heavy atom. The summed E-state index contributed by atoms with van der Waals surface area (Å²) >= 11 is 1.54. The molecule has 1 N–H and O–H groups in total. The Labute approximate surface area is 152 Å². The van der Waals surface area contributed by atoms with E-state index in [0.717, 1.165) is 15.6 Å². The molecule has 136 valence electrons. The minimum atomic E-state index is -0.895. The largest absolute Gasteiger partial charge is 0.481 e. The molecule has 5 nitrogen and oxygen atoms in total. The summed E-state index contributed by atoms with van der Waals surface area (Å²) in [4.78, 5) is 25.9. The summed E-state index contributed by atoms with van der Waals surface area (Å²) in [6, 6.07) is 6.02. The average molecular weight is 363 g/mol. The summed E-state index contributed by atoms with van der Waals surface area (Å²) in [5, 5.41) is 12.0. The lowest BCUT2D eigenvalue weighted by Crippen LogP contribution is -2.38. The Morgan fingerprint density at radius 1 is 1.36 bits per heavy atom. The van der Waals surface area contributed by atoms with E-state index in [-0.39, 0.29) is 12.5 Å². The van der Waals surface area contributed by atoms with Gasteiger partial charge in [-0.25, -0.2) is 0 Å². The van der Waals surface area contributed by atoms with Crippen LogP contribution in [0.4, 0.5) is 0 Å². The molecular weight excluding hydrogens is 338 g/mol. The van der Waals surface area contributed by atoms with Crippen LogP contribution in [0.3, 0.4) is 0 Å². The van der Waals surface area contributed by atoms with Crippen molar-refractivity contribution in [2.24, 2.45) is 5.92 Å². The van der Waals surface area contributed by atoms with E-state index >= 15 is 0 Å². The maximum absolute atomic E-state index is 13.0. The van der Waals surface area contributed by atoms with E-state index in [2.05, 4.69) is 6.07 Å². The van der Waals surface area contributed by atoms with Crippen LogP contribution in [0.5, 0.6) is 0 Å². The first kappa shape index (κ1) is 19.4. The van der Waals surface area contributed by atoms with Crippen molar-refractivity contribution < 1.29 is 19.4 Å². The van der Waals surface area contributed by atoms with Gasteiger partial charge in [-0.1, -0.05) is 19.1 Å². The molecule has 0 radical (unpaired) electrons. The summed E-state index contributed by atoms with van der Waals surface area (Å²) in [5.74, 6) is -1.61. The van der Waals surface area contributed by atoms with Crippen LogP contribution in [0.1, 0.15) is 36.2 Å². The summed E-state index contributed by atoms with van der Waals surface area (Å²) in [5.41, 5.74) is 1.80. The lowest BCUT2D eigenvalue weighted by molar-refractivity contribution is -0.141. The molecule has 0 saturated carbocycles. The molecule has 1 aromatic carbocycles. The van der Waals surface area contributed by atoms with Crippen molar-refractivity contribution in [3.8, 4) is 0 Å². The molecule has 2 aromatic rings. The van der Waals surface area contributed by atoms with Gasteiger partial charge in [0.1, 0.15) is 0 Å². The van der Waals surface area contributed by atoms with Crippen LogP contribution in [-0.2, 0) is 9.53 Å². The van der Waals surface area contributed by atoms with Gasteiger partial charge in [-0.15, -0.1) is 11.3 Å². The standard InChI is InChI=1S/C19H25NO4S/c1-4-24-9-5-8-20(11-14(3)19(22)23)18(21)16-12-25-17-10-13(2)6-7-15(16)17/h6-7,10,12,14H,4-5,8-9,11H2,1-3H3,(H,22,23). The number of aryl methyl sites for hydroxylation is 1. The second kappa shape index (κ2) is 8.97. The first-order valence-electron chi connectivity index (χ1n) is 8.51. The molecule has 1 atom stereocenters. The number of carboxylic acids is 1. The van der Waals surface area contributed by atoms with Crippen LogP contribution in [0, 0.1) is 12.8 Å². The third kappa shape index (κ3) is 5.03. The third-order valence-electron chi connectivity index (χ3n) is 4.09. The van der Waals surface area contributed by atoms with Crippen LogP contribution in [0.25, 0.3) is 10.1 Å². The van der Waals surface area contributed by atoms with Gasteiger partial charge >= 0.3 is 5.97 Å². The minimum absolute atomic E-state index is 0.111. The molecule has 6 heteroatoms. The van der Waals surface area contributed by atoms with E-state index in [1.54, 1.807) is 23.2 Å². The van der Waals surface area contributed by atoms with Gasteiger partial charge in [-0.3, -0.25) is 9.59 Å². The van der Waals surface area contributed by atoms with Crippen molar-refractivity contribution in [1.82, 2.24) is 4.90 Å². The number of fused-ring (bicyclic) bond motifs is 1. The van der Waals surface area contributed by atoms with Crippen LogP contribution in [0.15, 0.2) is 23.6 Å². The van der Waals surface area contributed by atoms with Gasteiger partial charge < -0.3 is 14.7 Å². The number of benzene rings is 1. The van der Waals surface area contributed by atoms with E-state index in [1.807, 2.05) is 31.4 Å². The summed E-state index contributed by atoms with van der Waals surface area (Å²) in [6.45, 7) is 7.45. The molecule has 0 aliphatic carbocycles. The Bertz CT molecular complexity index is 740. The molecule has 1 amide bonds. The molecule has 0 saturated heterocycles. The second-order valence-electron chi connectivity index (χ2n) is 6.19. The highest BCUT2D eigenvalue weighted by molar-refractivity contribution is 7.17. The molecule has 0 spiro atoms. The van der Waals surface area contributed by atoms with Crippen molar-refractivity contribution >= 4 is 33.3 Å². The van der Waals surface area contributed by atoms with Gasteiger partial charge in [0.25, 0.3) is 5.91 Å². The third-order valence-corrected chi connectivity index (χ3v) is 5.03. The van der Waals surface area contributed by atoms with Crippen molar-refractivity contribution in [2.45, 2.75) is 27.2 Å². The Balaban J connectivity index is 2.21. The maximum Gasteiger partial charge on any atom is 0.308 e. The lowest BCUT2D eigenvalue weighted by Gasteiger charge is -2.24. The van der Waals surface area contributed by atoms with E-state index < -0.39 is 11.9 Å². The van der Waals surface area contributed by atoms with Crippen LogP contribution in [0.2, 0.25) is 0 Å². The van der Waals surface area contributed by atoms with Crippen molar-refractivity contribution in [3.05, 3.63) is 34.7 Å². The van der Waals surface area contributed by atoms with Gasteiger partial charge in [0, 0.05) is 41.8 Å². The number of carbonyl (C=O) groups excluding carboxylic acids is 1. The van der Waals surface area contributed by atoms with Crippen LogP contribution >= 0.6 is 11.3 Å². The van der Waals surface area contributed by atoms with Crippen molar-refractivity contribution in [3.63, 3.8) is 0 Å². The molecule has 0 aliphatic rings. The number of carbonyl (C=O) groups is 2. The zero-order chi connectivity index (χ0) is 18.4. The van der Waals surface area contributed by atoms with Crippen molar-refractivity contribution in [2.75, 3.05) is 26.3 Å². The van der Waals surface area contributed by atoms with Crippen LogP contribution in [-0.4, -0.2) is 48.2 Å². The predicted octanol–water partition coefficient (Wildman–Crippen LogP) is 3.80. The van der Waals surface area contributed by atoms with Gasteiger partial charge in [0.2, 0.25) is 0 Å². The van der Waals surface area contributed by atoms with Crippen LogP contribution < -0.4 is 0 Å². The second-order valence-corrected chi connectivity index (χ2v) is 7.10. The number of ether oxygens (including phenoxy) is 1. The Hall–Kier alpha value is -1.92. The SMILES string of the molecule is CCOCCCN(CC(C)C(=O)O)C(=O)c1csc2cc(C)ccc12. The summed E-state index contributed by atoms with van der Waals surface area (Å²) in [6.07, 6.45) is 0.688. The number of aliphatic carboxylic acids is 1. The van der Waals surface area contributed by atoms with E-state index in [9.17, 15) is 14.7 Å². The highest BCUT2D eigenvalue weighted by atomic mass is 32.1. The number of carboxylic acid groups (broad SMARTS) is 1. The zero-order valence-electron chi connectivity index (χ0n) is 14.9. The fourth-order valence-electron chi connectivity index (χ4n) is 2.66. The van der Waals surface area contributed by atoms with E-state index in [0.29, 0.717) is 31.7 Å². The van der Waals surface area contributed by atoms with E-state index in [4.69, 9.17) is 4.74 Å². The highest BCUT2D eigenvalue weighted by Crippen LogP contribution is 2.28. The summed E-state index contributed by atoms with van der Waals surface area (Å²) < 4.78 is 6.41. The molecule has 0 bridgehead atoms. The first-order valence-corrected chi connectivity index (χ1v) is 9.39. The molecule has 2 rings (SSSR count). The smallest absolute Gasteiger partial charge is 0.308 e. The highest BCUT2D eigenvalue weighted by Gasteiger charge is 2.23. The molecular formula is C19H25NO4S. The first-order chi connectivity index (χ1) is 11.9. The number of amides is 1. The number of hydrogen-bond acceptors (Lipinski definition) is 4. The maximum atomic E-state index is 13.0. The molecule has 25 heavy (non-hydrogen) atoms. The van der Waals surface area contributed by atoms with Gasteiger partial charge in [0.05, 0.1) is 11.5 Å². The predicted molar refractivity (Wildman–Crippen MR) is 100 cm³/mol. The lowest BCUT2D eigenvalue weighted by atomic mass is 10.1. The Kier molecular flexibility index (Phi) is 6.96. The molecule has 0 fully saturated rings. The number of hydrogen-bond donors (Lipinski definition) is 1. The minimum Gasteiger partial charge on any atom is -0.481 e. The fraction of sp³-hybridized carbons (Fsp3) is 0.474. The molecule has 0 aliphatic heterocycles. The monoisotopic (exact) mass is 363 g/mol. The van der Waals surface area contributed by atoms with E-state index in [1.165, 1.54) is 0 Å². The molecule has 1 unspecified atom stereocenters. The topological polar surface area (TPSA) is 66.8 Å². The normalized spacial score (nSPS) is 12.3. The summed E-state index contributed by atoms with van der Waals surface area (Å²) in [7, 11) is 0. The fourth-order valence-corrected chi connectivity index (χ4v) is 3.69. The molecule has 1 aromatic heterocycles. The number of nitrogens with zero attached hydrogens (tertiary/aromatic N) is 1. The van der Waals surface area contributed by atoms with Gasteiger partial charge in [-0.2, -0.15) is 0 Å². The molecule has 1 heterocycles. The average Bonchev–Trinajstić information content (AvgIpc) is 2.99. The van der Waals surface area contributed by atoms with Crippen molar-refractivity contribution in [1.29, 1.82) is 0 Å². The zero-order valence-corrected chi connectivity index (χ0v) is 15.8. The Morgan fingerprint density at radius 2 is 2.12 bits per heavy atom. The van der Waals surface area contributed by atoms with Gasteiger partial charge in [-0.05, 0) is 31.9 Å². The number of rotatable bonds is 9. The van der Waals surface area contributed by atoms with Gasteiger partial charge in [0.15, 0.2) is 0 Å².